The van der Waals surface area contributed by atoms with Gasteiger partial charge in [-0.25, -0.2) is 0 Å². The van der Waals surface area contributed by atoms with Crippen LogP contribution in [0.15, 0.2) is 0 Å². The van der Waals surface area contributed by atoms with E-state index in [4.69, 9.17) is 4.74 Å². The van der Waals surface area contributed by atoms with E-state index < -0.39 is 0 Å². The Labute approximate surface area is 114 Å². The van der Waals surface area contributed by atoms with E-state index in [1.807, 2.05) is 6.92 Å². The third-order valence-corrected chi connectivity index (χ3v) is 2.63. The minimum atomic E-state index is 0.566. The van der Waals surface area contributed by atoms with Gasteiger partial charge in [0.15, 0.2) is 0 Å². The molecule has 7 nitrogen and oxygen atoms in total. The van der Waals surface area contributed by atoms with Crippen molar-refractivity contribution in [3.63, 3.8) is 0 Å². The SMILES string of the molecule is CCOCCNc1nc(NC)nc(N(CC)CC)n1. The minimum absolute atomic E-state index is 0.566. The van der Waals surface area contributed by atoms with E-state index in [0.29, 0.717) is 37.6 Å². The molecule has 0 saturated heterocycles. The van der Waals surface area contributed by atoms with Crippen LogP contribution >= 0.6 is 0 Å². The summed E-state index contributed by atoms with van der Waals surface area (Å²) in [6.07, 6.45) is 0. The Kier molecular flexibility index (Phi) is 6.88. The van der Waals surface area contributed by atoms with Crippen molar-refractivity contribution in [2.45, 2.75) is 20.8 Å². The van der Waals surface area contributed by atoms with E-state index in [0.717, 1.165) is 13.1 Å². The summed E-state index contributed by atoms with van der Waals surface area (Å²) in [5.74, 6) is 1.82. The Morgan fingerprint density at radius 2 is 1.74 bits per heavy atom. The van der Waals surface area contributed by atoms with Crippen molar-refractivity contribution in [2.75, 3.05) is 55.4 Å². The molecule has 0 radical (unpaired) electrons. The molecule has 1 aromatic heterocycles. The van der Waals surface area contributed by atoms with Crippen LogP contribution in [0.4, 0.5) is 17.8 Å². The molecular formula is C12H24N6O. The maximum absolute atomic E-state index is 5.27. The zero-order valence-corrected chi connectivity index (χ0v) is 12.2. The Balaban J connectivity index is 2.77. The average Bonchev–Trinajstić information content (AvgIpc) is 2.45. The van der Waals surface area contributed by atoms with Gasteiger partial charge in [0.25, 0.3) is 0 Å². The number of rotatable bonds is 9. The highest BCUT2D eigenvalue weighted by atomic mass is 16.5. The molecule has 108 valence electrons. The van der Waals surface area contributed by atoms with Gasteiger partial charge in [0.1, 0.15) is 0 Å². The van der Waals surface area contributed by atoms with E-state index >= 15 is 0 Å². The number of anilines is 3. The van der Waals surface area contributed by atoms with Gasteiger partial charge in [0, 0.05) is 33.3 Å². The zero-order chi connectivity index (χ0) is 14.1. The number of ether oxygens (including phenoxy) is 1. The van der Waals surface area contributed by atoms with Crippen molar-refractivity contribution in [1.29, 1.82) is 0 Å². The number of hydrogen-bond acceptors (Lipinski definition) is 7. The molecule has 19 heavy (non-hydrogen) atoms. The van der Waals surface area contributed by atoms with Crippen LogP contribution in [0.25, 0.3) is 0 Å². The third-order valence-electron chi connectivity index (χ3n) is 2.63. The first kappa shape index (κ1) is 15.4. The summed E-state index contributed by atoms with van der Waals surface area (Å²) in [7, 11) is 1.80. The maximum Gasteiger partial charge on any atom is 0.231 e. The molecule has 0 saturated carbocycles. The van der Waals surface area contributed by atoms with E-state index in [9.17, 15) is 0 Å². The van der Waals surface area contributed by atoms with Crippen molar-refractivity contribution in [1.82, 2.24) is 15.0 Å². The van der Waals surface area contributed by atoms with Gasteiger partial charge in [0.05, 0.1) is 6.61 Å². The van der Waals surface area contributed by atoms with Crippen LogP contribution in [0, 0.1) is 0 Å². The Morgan fingerprint density at radius 1 is 1.05 bits per heavy atom. The van der Waals surface area contributed by atoms with E-state index in [1.165, 1.54) is 0 Å². The van der Waals surface area contributed by atoms with Crippen LogP contribution < -0.4 is 15.5 Å². The monoisotopic (exact) mass is 268 g/mol. The van der Waals surface area contributed by atoms with Gasteiger partial charge in [0.2, 0.25) is 17.8 Å². The Hall–Kier alpha value is -1.63. The average molecular weight is 268 g/mol. The molecule has 1 rings (SSSR count). The summed E-state index contributed by atoms with van der Waals surface area (Å²) < 4.78 is 5.27. The van der Waals surface area contributed by atoms with Gasteiger partial charge in [-0.05, 0) is 20.8 Å². The molecule has 0 bridgehead atoms. The number of hydrogen-bond donors (Lipinski definition) is 2. The summed E-state index contributed by atoms with van der Waals surface area (Å²) in [5.41, 5.74) is 0. The summed E-state index contributed by atoms with van der Waals surface area (Å²) in [4.78, 5) is 15.1. The first-order chi connectivity index (χ1) is 9.24. The summed E-state index contributed by atoms with van der Waals surface area (Å²) in [5, 5.41) is 6.10. The second-order valence-electron chi connectivity index (χ2n) is 3.83. The molecule has 0 aromatic carbocycles. The lowest BCUT2D eigenvalue weighted by Gasteiger charge is -2.19. The number of aromatic nitrogens is 3. The van der Waals surface area contributed by atoms with Gasteiger partial charge in [-0.2, -0.15) is 15.0 Å². The van der Waals surface area contributed by atoms with Crippen LogP contribution in [0.3, 0.4) is 0 Å². The molecule has 0 aliphatic carbocycles. The van der Waals surface area contributed by atoms with Crippen LogP contribution in [-0.2, 0) is 4.74 Å². The smallest absolute Gasteiger partial charge is 0.231 e. The summed E-state index contributed by atoms with van der Waals surface area (Å²) in [6, 6.07) is 0. The number of nitrogens with one attached hydrogen (secondary N) is 2. The molecule has 0 amide bonds. The lowest BCUT2D eigenvalue weighted by molar-refractivity contribution is 0.158. The highest BCUT2D eigenvalue weighted by Gasteiger charge is 2.10. The standard InChI is InChI=1S/C12H24N6O/c1-5-18(6-2)12-16-10(13-4)15-11(17-12)14-8-9-19-7-3/h5-9H2,1-4H3,(H2,13,14,15,16,17). The first-order valence-electron chi connectivity index (χ1n) is 6.75. The van der Waals surface area contributed by atoms with Gasteiger partial charge in [-0.15, -0.1) is 0 Å². The minimum Gasteiger partial charge on any atom is -0.380 e. The molecule has 1 aromatic rings. The molecule has 7 heteroatoms. The van der Waals surface area contributed by atoms with Crippen molar-refractivity contribution in [2.24, 2.45) is 0 Å². The lowest BCUT2D eigenvalue weighted by Crippen LogP contribution is -2.25. The second-order valence-corrected chi connectivity index (χ2v) is 3.83. The third kappa shape index (κ3) is 4.86. The van der Waals surface area contributed by atoms with Gasteiger partial charge in [-0.1, -0.05) is 0 Å². The van der Waals surface area contributed by atoms with E-state index in [2.05, 4.69) is 44.3 Å². The Bertz CT molecular complexity index is 369. The van der Waals surface area contributed by atoms with Gasteiger partial charge in [-0.3, -0.25) is 0 Å². The van der Waals surface area contributed by atoms with Crippen molar-refractivity contribution >= 4 is 17.8 Å². The van der Waals surface area contributed by atoms with E-state index in [-0.39, 0.29) is 0 Å². The molecular weight excluding hydrogens is 244 g/mol. The second kappa shape index (κ2) is 8.47. The van der Waals surface area contributed by atoms with Gasteiger partial charge < -0.3 is 20.3 Å². The van der Waals surface area contributed by atoms with Crippen LogP contribution in [0.1, 0.15) is 20.8 Å². The Morgan fingerprint density at radius 3 is 2.32 bits per heavy atom. The molecule has 0 fully saturated rings. The fourth-order valence-electron chi connectivity index (χ4n) is 1.58. The topological polar surface area (TPSA) is 75.2 Å². The quantitative estimate of drug-likeness (QED) is 0.652. The molecule has 2 N–H and O–H groups in total. The fraction of sp³-hybridized carbons (Fsp3) is 0.750. The summed E-state index contributed by atoms with van der Waals surface area (Å²) >= 11 is 0. The number of nitrogens with zero attached hydrogens (tertiary/aromatic N) is 4. The van der Waals surface area contributed by atoms with E-state index in [1.54, 1.807) is 7.05 Å². The van der Waals surface area contributed by atoms with Crippen molar-refractivity contribution in [3.05, 3.63) is 0 Å². The van der Waals surface area contributed by atoms with Gasteiger partial charge >= 0.3 is 0 Å². The largest absolute Gasteiger partial charge is 0.380 e. The zero-order valence-electron chi connectivity index (χ0n) is 12.2. The normalized spacial score (nSPS) is 10.3. The first-order valence-corrected chi connectivity index (χ1v) is 6.75. The fourth-order valence-corrected chi connectivity index (χ4v) is 1.58. The lowest BCUT2D eigenvalue weighted by atomic mass is 10.5. The predicted molar refractivity (Wildman–Crippen MR) is 77.9 cm³/mol. The molecule has 0 aliphatic heterocycles. The highest BCUT2D eigenvalue weighted by Crippen LogP contribution is 2.12. The van der Waals surface area contributed by atoms with Crippen molar-refractivity contribution in [3.8, 4) is 0 Å². The predicted octanol–water partition coefficient (Wildman–Crippen LogP) is 1.21. The molecule has 0 spiro atoms. The van der Waals surface area contributed by atoms with Crippen molar-refractivity contribution < 1.29 is 4.74 Å². The maximum atomic E-state index is 5.27. The van der Waals surface area contributed by atoms with Crippen LogP contribution in [-0.4, -0.2) is 54.8 Å². The molecule has 1 heterocycles. The van der Waals surface area contributed by atoms with Crippen LogP contribution in [0.5, 0.6) is 0 Å². The molecule has 0 atom stereocenters. The molecule has 0 unspecified atom stereocenters. The molecule has 0 aliphatic rings. The summed E-state index contributed by atoms with van der Waals surface area (Å²) in [6.45, 7) is 9.88. The highest BCUT2D eigenvalue weighted by molar-refractivity contribution is 5.43. The van der Waals surface area contributed by atoms with Crippen LogP contribution in [0.2, 0.25) is 0 Å².